The van der Waals surface area contributed by atoms with Crippen LogP contribution in [0.5, 0.6) is 0 Å². The first-order chi connectivity index (χ1) is 15.5. The van der Waals surface area contributed by atoms with Crippen LogP contribution >= 0.6 is 0 Å². The third-order valence-corrected chi connectivity index (χ3v) is 7.28. The third kappa shape index (κ3) is 4.53. The molecule has 0 N–H and O–H groups in total. The van der Waals surface area contributed by atoms with E-state index in [4.69, 9.17) is 0 Å². The number of hydrogen-bond donors (Lipinski definition) is 0. The molecule has 10 heteroatoms. The van der Waals surface area contributed by atoms with Gasteiger partial charge in [0.2, 0.25) is 0 Å². The van der Waals surface area contributed by atoms with E-state index >= 15 is 4.39 Å². The molecule has 33 heavy (non-hydrogen) atoms. The van der Waals surface area contributed by atoms with E-state index in [1.807, 2.05) is 6.07 Å². The molecule has 6 nitrogen and oxygen atoms in total. The molecule has 4 rings (SSSR count). The fourth-order valence-corrected chi connectivity index (χ4v) is 5.29. The van der Waals surface area contributed by atoms with Crippen LogP contribution in [0.1, 0.15) is 67.9 Å². The highest BCUT2D eigenvalue weighted by Crippen LogP contribution is 2.43. The smallest absolute Gasteiger partial charge is 0.331 e. The van der Waals surface area contributed by atoms with E-state index < -0.39 is 17.9 Å². The van der Waals surface area contributed by atoms with Crippen molar-refractivity contribution >= 4 is 11.7 Å². The lowest BCUT2D eigenvalue weighted by Crippen LogP contribution is -2.46. The summed E-state index contributed by atoms with van der Waals surface area (Å²) in [5, 5.41) is 4.56. The van der Waals surface area contributed by atoms with Gasteiger partial charge in [-0.05, 0) is 51.0 Å². The molecule has 2 aliphatic rings. The number of rotatable bonds is 2. The van der Waals surface area contributed by atoms with Gasteiger partial charge < -0.3 is 9.80 Å². The highest BCUT2D eigenvalue weighted by molar-refractivity contribution is 5.74. The third-order valence-electron chi connectivity index (χ3n) is 7.28. The van der Waals surface area contributed by atoms with Gasteiger partial charge in [0.05, 0.1) is 11.6 Å². The number of hydrogen-bond acceptors (Lipinski definition) is 3. The average molecular weight is 470 g/mol. The number of likely N-dealkylation sites (tertiary alicyclic amines) is 1. The Hall–Kier alpha value is -2.39. The zero-order valence-electron chi connectivity index (χ0n) is 19.5. The minimum absolute atomic E-state index is 0.0118. The van der Waals surface area contributed by atoms with Gasteiger partial charge in [0.15, 0.2) is 11.5 Å². The van der Waals surface area contributed by atoms with E-state index in [1.54, 1.807) is 30.8 Å². The predicted molar refractivity (Wildman–Crippen MR) is 116 cm³/mol. The largest absolute Gasteiger partial charge is 0.391 e. The van der Waals surface area contributed by atoms with Crippen LogP contribution in [0.3, 0.4) is 0 Å². The Labute approximate surface area is 190 Å². The average Bonchev–Trinajstić information content (AvgIpc) is 3.09. The molecular formula is C23H31F4N5O. The molecule has 1 aliphatic carbocycles. The molecule has 0 spiro atoms. The van der Waals surface area contributed by atoms with Crippen molar-refractivity contribution in [2.24, 2.45) is 11.8 Å². The Balaban J connectivity index is 1.67. The molecule has 0 unspecified atom stereocenters. The highest BCUT2D eigenvalue weighted by atomic mass is 19.4. The molecule has 3 heterocycles. The van der Waals surface area contributed by atoms with Gasteiger partial charge in [-0.2, -0.15) is 18.3 Å². The Bertz CT molecular complexity index is 1030. The lowest BCUT2D eigenvalue weighted by atomic mass is 9.80. The van der Waals surface area contributed by atoms with Crippen molar-refractivity contribution in [1.82, 2.24) is 24.4 Å². The number of halogens is 4. The number of fused-ring (bicyclic) bond motifs is 1. The summed E-state index contributed by atoms with van der Waals surface area (Å²) in [7, 11) is 3.43. The fourth-order valence-electron chi connectivity index (χ4n) is 5.29. The number of nitrogens with zero attached hydrogens (tertiary/aromatic N) is 5. The molecule has 0 aromatic carbocycles. The summed E-state index contributed by atoms with van der Waals surface area (Å²) in [4.78, 5) is 20.3. The highest BCUT2D eigenvalue weighted by Gasteiger charge is 2.42. The topological polar surface area (TPSA) is 53.7 Å². The molecule has 1 saturated heterocycles. The molecule has 2 amide bonds. The van der Waals surface area contributed by atoms with Crippen molar-refractivity contribution in [3.63, 3.8) is 0 Å². The number of aromatic nitrogens is 3. The number of carbonyl (C=O) groups is 1. The molecule has 2 aromatic heterocycles. The van der Waals surface area contributed by atoms with Gasteiger partial charge in [-0.25, -0.2) is 18.7 Å². The van der Waals surface area contributed by atoms with Crippen molar-refractivity contribution in [2.45, 2.75) is 64.0 Å². The number of alkyl halides is 3. The van der Waals surface area contributed by atoms with E-state index in [0.717, 1.165) is 12.1 Å². The zero-order valence-corrected chi connectivity index (χ0v) is 19.5. The van der Waals surface area contributed by atoms with Gasteiger partial charge in [0, 0.05) is 44.7 Å². The summed E-state index contributed by atoms with van der Waals surface area (Å²) >= 11 is 0. The Morgan fingerprint density at radius 3 is 2.42 bits per heavy atom. The quantitative estimate of drug-likeness (QED) is 0.574. The van der Waals surface area contributed by atoms with Gasteiger partial charge in [-0.3, -0.25) is 0 Å². The monoisotopic (exact) mass is 469 g/mol. The number of carbonyl (C=O) groups excluding carboxylic acids is 1. The van der Waals surface area contributed by atoms with Gasteiger partial charge in [-0.15, -0.1) is 0 Å². The van der Waals surface area contributed by atoms with E-state index in [9.17, 15) is 18.0 Å². The number of urea groups is 1. The zero-order chi connectivity index (χ0) is 24.1. The lowest BCUT2D eigenvalue weighted by molar-refractivity contribution is -0.182. The maximum atomic E-state index is 15.4. The molecule has 2 atom stereocenters. The van der Waals surface area contributed by atoms with Crippen LogP contribution in [0.2, 0.25) is 0 Å². The van der Waals surface area contributed by atoms with Crippen LogP contribution in [-0.4, -0.2) is 63.8 Å². The molecule has 0 radical (unpaired) electrons. The maximum Gasteiger partial charge on any atom is 0.391 e. The predicted octanol–water partition coefficient (Wildman–Crippen LogP) is 5.12. The Morgan fingerprint density at radius 1 is 1.15 bits per heavy atom. The summed E-state index contributed by atoms with van der Waals surface area (Å²) in [6.45, 7) is 5.05. The summed E-state index contributed by atoms with van der Waals surface area (Å²) in [5.74, 6) is -2.03. The van der Waals surface area contributed by atoms with Crippen LogP contribution in [0.25, 0.3) is 5.65 Å². The van der Waals surface area contributed by atoms with Crippen LogP contribution in [-0.2, 0) is 0 Å². The summed E-state index contributed by atoms with van der Waals surface area (Å²) in [6, 6.07) is 1.82. The standard InChI is InChI=1S/C23H31F4N5O/c1-13-9-10-31(22(33)30(3)4)12-17(13)18-11-14(2)28-21-19(24)20(29-32(18)21)15-5-7-16(8-6-15)23(25,26)27/h11,13,15-17H,5-10,12H2,1-4H3/t13-,15-,16-,17+/m1/s1. The van der Waals surface area contributed by atoms with Crippen molar-refractivity contribution in [3.8, 4) is 0 Å². The number of aryl methyl sites for hydroxylation is 1. The summed E-state index contributed by atoms with van der Waals surface area (Å²) in [6.07, 6.45) is -2.91. The first-order valence-electron chi connectivity index (χ1n) is 11.6. The second kappa shape index (κ2) is 8.76. The van der Waals surface area contributed by atoms with Crippen LogP contribution in [0, 0.1) is 24.6 Å². The molecule has 0 bridgehead atoms. The second-order valence-electron chi connectivity index (χ2n) is 9.84. The fraction of sp³-hybridized carbons (Fsp3) is 0.696. The molecule has 2 aromatic rings. The van der Waals surface area contributed by atoms with E-state index in [0.29, 0.717) is 18.8 Å². The van der Waals surface area contributed by atoms with E-state index in [1.165, 1.54) is 4.52 Å². The lowest BCUT2D eigenvalue weighted by Gasteiger charge is -2.38. The van der Waals surface area contributed by atoms with Gasteiger partial charge in [-0.1, -0.05) is 6.92 Å². The first-order valence-corrected chi connectivity index (χ1v) is 11.6. The Kier molecular flexibility index (Phi) is 6.30. The number of piperidine rings is 1. The minimum atomic E-state index is -4.21. The van der Waals surface area contributed by atoms with Gasteiger partial charge >= 0.3 is 12.2 Å². The normalized spacial score (nSPS) is 26.6. The van der Waals surface area contributed by atoms with Crippen LogP contribution in [0.15, 0.2) is 6.07 Å². The number of amides is 2. The van der Waals surface area contributed by atoms with E-state index in [2.05, 4.69) is 17.0 Å². The second-order valence-corrected chi connectivity index (χ2v) is 9.84. The molecule has 182 valence electrons. The molecule has 1 saturated carbocycles. The van der Waals surface area contributed by atoms with E-state index in [-0.39, 0.29) is 60.8 Å². The van der Waals surface area contributed by atoms with Crippen LogP contribution < -0.4 is 0 Å². The Morgan fingerprint density at radius 2 is 1.82 bits per heavy atom. The minimum Gasteiger partial charge on any atom is -0.331 e. The summed E-state index contributed by atoms with van der Waals surface area (Å²) in [5.41, 5.74) is 1.75. The van der Waals surface area contributed by atoms with Crippen molar-refractivity contribution in [2.75, 3.05) is 27.2 Å². The first kappa shape index (κ1) is 23.8. The van der Waals surface area contributed by atoms with Crippen LogP contribution in [0.4, 0.5) is 22.4 Å². The van der Waals surface area contributed by atoms with Gasteiger partial charge in [0.25, 0.3) is 0 Å². The SMILES string of the molecule is Cc1cc([C@H]2CN(C(=O)N(C)C)CC[C@H]2C)n2nc([C@H]3CC[C@H](C(F)(F)F)CC3)c(F)c2n1. The molecular weight excluding hydrogens is 438 g/mol. The summed E-state index contributed by atoms with van der Waals surface area (Å²) < 4.78 is 56.1. The van der Waals surface area contributed by atoms with Gasteiger partial charge in [0.1, 0.15) is 5.69 Å². The molecule has 1 aliphatic heterocycles. The van der Waals surface area contributed by atoms with Crippen molar-refractivity contribution in [3.05, 3.63) is 29.0 Å². The van der Waals surface area contributed by atoms with Crippen molar-refractivity contribution in [1.29, 1.82) is 0 Å². The molecule has 2 fully saturated rings. The van der Waals surface area contributed by atoms with Crippen molar-refractivity contribution < 1.29 is 22.4 Å². The maximum absolute atomic E-state index is 15.4.